The van der Waals surface area contributed by atoms with Gasteiger partial charge in [0.1, 0.15) is 5.92 Å². The minimum atomic E-state index is -0.773. The van der Waals surface area contributed by atoms with E-state index in [0.29, 0.717) is 32.8 Å². The molecule has 0 aromatic carbocycles. The maximum absolute atomic E-state index is 11.2. The van der Waals surface area contributed by atoms with Gasteiger partial charge in [-0.15, -0.1) is 11.3 Å². The number of hydrogen-bond donors (Lipinski definition) is 2. The first-order valence-electron chi connectivity index (χ1n) is 6.75. The Morgan fingerprint density at radius 3 is 3.10 bits per heavy atom. The average molecular weight is 300 g/mol. The minimum absolute atomic E-state index is 0.441. The van der Waals surface area contributed by atoms with E-state index in [-0.39, 0.29) is 0 Å². The minimum Gasteiger partial charge on any atom is -0.481 e. The molecule has 0 saturated heterocycles. The predicted molar refractivity (Wildman–Crippen MR) is 76.6 cm³/mol. The largest absolute Gasteiger partial charge is 0.481 e. The summed E-state index contributed by atoms with van der Waals surface area (Å²) in [6.45, 7) is 2.41. The van der Waals surface area contributed by atoms with Gasteiger partial charge in [-0.25, -0.2) is 4.98 Å². The summed E-state index contributed by atoms with van der Waals surface area (Å²) < 4.78 is 10.2. The monoisotopic (exact) mass is 300 g/mol. The number of aromatic nitrogens is 1. The molecule has 1 aromatic heterocycles. The van der Waals surface area contributed by atoms with E-state index in [1.54, 1.807) is 18.4 Å². The van der Waals surface area contributed by atoms with Crippen molar-refractivity contribution >= 4 is 22.4 Å². The molecule has 0 bridgehead atoms. The molecule has 7 heteroatoms. The lowest BCUT2D eigenvalue weighted by Gasteiger charge is -2.16. The summed E-state index contributed by atoms with van der Waals surface area (Å²) in [7, 11) is 1.64. The first kappa shape index (κ1) is 15.2. The van der Waals surface area contributed by atoms with Crippen molar-refractivity contribution in [1.29, 1.82) is 0 Å². The summed E-state index contributed by atoms with van der Waals surface area (Å²) in [6.07, 6.45) is 2.54. The highest BCUT2D eigenvalue weighted by atomic mass is 32.1. The summed E-state index contributed by atoms with van der Waals surface area (Å²) in [5.74, 6) is -1.21. The number of aryl methyl sites for hydroxylation is 1. The van der Waals surface area contributed by atoms with Crippen LogP contribution in [-0.2, 0) is 20.7 Å². The van der Waals surface area contributed by atoms with Crippen LogP contribution in [-0.4, -0.2) is 49.5 Å². The van der Waals surface area contributed by atoms with Gasteiger partial charge in [0.25, 0.3) is 0 Å². The Morgan fingerprint density at radius 2 is 2.35 bits per heavy atom. The molecule has 1 aromatic rings. The maximum atomic E-state index is 11.2. The number of anilines is 1. The third-order valence-corrected chi connectivity index (χ3v) is 4.30. The number of methoxy groups -OCH3 is 1. The molecule has 0 fully saturated rings. The lowest BCUT2D eigenvalue weighted by Crippen LogP contribution is -2.17. The lowest BCUT2D eigenvalue weighted by atomic mass is 9.91. The van der Waals surface area contributed by atoms with Crippen molar-refractivity contribution in [3.05, 3.63) is 10.6 Å². The fourth-order valence-electron chi connectivity index (χ4n) is 2.21. The highest BCUT2D eigenvalue weighted by Gasteiger charge is 2.29. The Labute approximate surface area is 122 Å². The zero-order valence-electron chi connectivity index (χ0n) is 11.6. The number of rotatable bonds is 8. The number of nitrogens with one attached hydrogen (secondary N) is 1. The van der Waals surface area contributed by atoms with Crippen LogP contribution >= 0.6 is 11.3 Å². The molecular formula is C13H20N2O4S. The predicted octanol–water partition coefficient (Wildman–Crippen LogP) is 1.72. The van der Waals surface area contributed by atoms with Crippen LogP contribution in [0.4, 0.5) is 5.13 Å². The number of hydrogen-bond acceptors (Lipinski definition) is 6. The van der Waals surface area contributed by atoms with Crippen LogP contribution in [0.15, 0.2) is 0 Å². The summed E-state index contributed by atoms with van der Waals surface area (Å²) in [5, 5.41) is 13.2. The van der Waals surface area contributed by atoms with E-state index in [4.69, 9.17) is 9.47 Å². The molecule has 1 heterocycles. The summed E-state index contributed by atoms with van der Waals surface area (Å²) >= 11 is 1.56. The molecule has 1 aliphatic rings. The number of fused-ring (bicyclic) bond motifs is 1. The molecule has 0 radical (unpaired) electrons. The molecule has 20 heavy (non-hydrogen) atoms. The van der Waals surface area contributed by atoms with E-state index in [0.717, 1.165) is 28.5 Å². The molecule has 2 N–H and O–H groups in total. The van der Waals surface area contributed by atoms with E-state index in [1.165, 1.54) is 0 Å². The molecule has 1 unspecified atom stereocenters. The van der Waals surface area contributed by atoms with Gasteiger partial charge < -0.3 is 19.9 Å². The van der Waals surface area contributed by atoms with Gasteiger partial charge in [0, 0.05) is 18.5 Å². The standard InChI is InChI=1S/C13H20N2O4S/c1-18-7-8-19-6-5-14-13-15-11-9(12(16)17)3-2-4-10(11)20-13/h9H,2-8H2,1H3,(H,14,15)(H,16,17). The van der Waals surface area contributed by atoms with Crippen molar-refractivity contribution in [3.8, 4) is 0 Å². The van der Waals surface area contributed by atoms with Crippen molar-refractivity contribution in [2.45, 2.75) is 25.2 Å². The molecule has 0 spiro atoms. The van der Waals surface area contributed by atoms with Gasteiger partial charge in [-0.2, -0.15) is 0 Å². The summed E-state index contributed by atoms with van der Waals surface area (Å²) in [4.78, 5) is 16.7. The van der Waals surface area contributed by atoms with Crippen LogP contribution < -0.4 is 5.32 Å². The Bertz CT molecular complexity index is 450. The van der Waals surface area contributed by atoms with Crippen LogP contribution in [0.3, 0.4) is 0 Å². The zero-order chi connectivity index (χ0) is 14.4. The van der Waals surface area contributed by atoms with E-state index in [2.05, 4.69) is 10.3 Å². The van der Waals surface area contributed by atoms with Crippen molar-refractivity contribution in [2.24, 2.45) is 0 Å². The molecule has 1 atom stereocenters. The SMILES string of the molecule is COCCOCCNc1nc2c(s1)CCCC2C(=O)O. The van der Waals surface area contributed by atoms with Crippen LogP contribution in [0.2, 0.25) is 0 Å². The van der Waals surface area contributed by atoms with Gasteiger partial charge in [0.15, 0.2) is 5.13 Å². The van der Waals surface area contributed by atoms with Gasteiger partial charge in [-0.1, -0.05) is 0 Å². The smallest absolute Gasteiger partial charge is 0.312 e. The Kier molecular flexibility index (Phi) is 5.75. The first-order valence-corrected chi connectivity index (χ1v) is 7.57. The third-order valence-electron chi connectivity index (χ3n) is 3.21. The van der Waals surface area contributed by atoms with Crippen molar-refractivity contribution in [2.75, 3.05) is 38.8 Å². The lowest BCUT2D eigenvalue weighted by molar-refractivity contribution is -0.139. The van der Waals surface area contributed by atoms with Crippen LogP contribution in [0, 0.1) is 0 Å². The second-order valence-electron chi connectivity index (χ2n) is 4.64. The number of carboxylic acids is 1. The van der Waals surface area contributed by atoms with Crippen molar-refractivity contribution in [1.82, 2.24) is 4.98 Å². The maximum Gasteiger partial charge on any atom is 0.312 e. The number of nitrogens with zero attached hydrogens (tertiary/aromatic N) is 1. The van der Waals surface area contributed by atoms with Gasteiger partial charge in [-0.3, -0.25) is 4.79 Å². The second kappa shape index (κ2) is 7.56. The Hall–Kier alpha value is -1.18. The molecule has 0 aliphatic heterocycles. The second-order valence-corrected chi connectivity index (χ2v) is 5.73. The number of carbonyl (C=O) groups is 1. The molecule has 0 saturated carbocycles. The first-order chi connectivity index (χ1) is 9.72. The molecule has 112 valence electrons. The molecule has 2 rings (SSSR count). The average Bonchev–Trinajstić information content (AvgIpc) is 2.84. The number of carboxylic acid groups (broad SMARTS) is 1. The molecule has 1 aliphatic carbocycles. The quantitative estimate of drug-likeness (QED) is 0.712. The molecule has 0 amide bonds. The number of aliphatic carboxylic acids is 1. The van der Waals surface area contributed by atoms with Gasteiger partial charge in [0.2, 0.25) is 0 Å². The van der Waals surface area contributed by atoms with Crippen molar-refractivity contribution in [3.63, 3.8) is 0 Å². The van der Waals surface area contributed by atoms with Crippen LogP contribution in [0.1, 0.15) is 29.3 Å². The number of thiazole rings is 1. The zero-order valence-corrected chi connectivity index (χ0v) is 12.4. The normalized spacial score (nSPS) is 17.8. The summed E-state index contributed by atoms with van der Waals surface area (Å²) in [5.41, 5.74) is 0.747. The topological polar surface area (TPSA) is 80.7 Å². The molecule has 6 nitrogen and oxygen atoms in total. The Morgan fingerprint density at radius 1 is 1.50 bits per heavy atom. The van der Waals surface area contributed by atoms with Gasteiger partial charge in [0.05, 0.1) is 25.5 Å². The summed E-state index contributed by atoms with van der Waals surface area (Å²) in [6, 6.07) is 0. The van der Waals surface area contributed by atoms with Gasteiger partial charge >= 0.3 is 5.97 Å². The number of ether oxygens (including phenoxy) is 2. The highest BCUT2D eigenvalue weighted by Crippen LogP contribution is 2.36. The van der Waals surface area contributed by atoms with Crippen LogP contribution in [0.5, 0.6) is 0 Å². The molecular weight excluding hydrogens is 280 g/mol. The fraction of sp³-hybridized carbons (Fsp3) is 0.692. The highest BCUT2D eigenvalue weighted by molar-refractivity contribution is 7.15. The van der Waals surface area contributed by atoms with Crippen LogP contribution in [0.25, 0.3) is 0 Å². The van der Waals surface area contributed by atoms with Crippen molar-refractivity contribution < 1.29 is 19.4 Å². The fourth-order valence-corrected chi connectivity index (χ4v) is 3.30. The Balaban J connectivity index is 1.83. The van der Waals surface area contributed by atoms with E-state index < -0.39 is 11.9 Å². The van der Waals surface area contributed by atoms with Gasteiger partial charge in [-0.05, 0) is 19.3 Å². The van der Waals surface area contributed by atoms with E-state index in [1.807, 2.05) is 0 Å². The third kappa shape index (κ3) is 3.91. The van der Waals surface area contributed by atoms with E-state index in [9.17, 15) is 9.90 Å². The van der Waals surface area contributed by atoms with E-state index >= 15 is 0 Å².